The Morgan fingerprint density at radius 3 is 2.40 bits per heavy atom. The molecule has 138 valence electrons. The van der Waals surface area contributed by atoms with Crippen LogP contribution in [0, 0.1) is 0 Å². The minimum absolute atomic E-state index is 0.00767. The van der Waals surface area contributed by atoms with Crippen LogP contribution < -0.4 is 4.74 Å². The average molecular weight is 347 g/mol. The van der Waals surface area contributed by atoms with E-state index in [9.17, 15) is 9.90 Å². The molecule has 0 aliphatic carbocycles. The van der Waals surface area contributed by atoms with Gasteiger partial charge in [-0.2, -0.15) is 0 Å². The van der Waals surface area contributed by atoms with Crippen molar-refractivity contribution in [3.8, 4) is 5.75 Å². The molecule has 2 saturated heterocycles. The minimum atomic E-state index is -0.962. The predicted molar refractivity (Wildman–Crippen MR) is 95.6 cm³/mol. The molecular weight excluding hydrogens is 318 g/mol. The lowest BCUT2D eigenvalue weighted by Crippen LogP contribution is -2.53. The number of carbonyl (C=O) groups excluding carboxylic acids is 1. The molecule has 2 aliphatic rings. The number of nitrogens with zero attached hydrogens (tertiary/aromatic N) is 1. The van der Waals surface area contributed by atoms with Crippen molar-refractivity contribution in [3.63, 3.8) is 0 Å². The normalized spacial score (nSPS) is 28.8. The molecule has 3 rings (SSSR count). The van der Waals surface area contributed by atoms with Crippen LogP contribution in [0.1, 0.15) is 58.9 Å². The molecule has 1 amide bonds. The Kier molecular flexibility index (Phi) is 4.71. The molecule has 2 bridgehead atoms. The topological polar surface area (TPSA) is 59.0 Å². The quantitative estimate of drug-likeness (QED) is 0.903. The predicted octanol–water partition coefficient (Wildman–Crippen LogP) is 3.83. The lowest BCUT2D eigenvalue weighted by atomic mass is 9.80. The second-order valence-corrected chi connectivity index (χ2v) is 8.14. The monoisotopic (exact) mass is 347 g/mol. The molecule has 5 heteroatoms. The summed E-state index contributed by atoms with van der Waals surface area (Å²) in [4.78, 5) is 14.4. The van der Waals surface area contributed by atoms with Gasteiger partial charge >= 0.3 is 6.09 Å². The van der Waals surface area contributed by atoms with Gasteiger partial charge in [0, 0.05) is 30.5 Å². The van der Waals surface area contributed by atoms with Gasteiger partial charge in [0.1, 0.15) is 11.4 Å². The van der Waals surface area contributed by atoms with Gasteiger partial charge in [0.25, 0.3) is 0 Å². The maximum atomic E-state index is 12.6. The van der Waals surface area contributed by atoms with Crippen molar-refractivity contribution < 1.29 is 19.4 Å². The third-order valence-electron chi connectivity index (χ3n) is 5.06. The van der Waals surface area contributed by atoms with Crippen LogP contribution in [0.5, 0.6) is 5.75 Å². The highest BCUT2D eigenvalue weighted by Gasteiger charge is 2.51. The van der Waals surface area contributed by atoms with Crippen LogP contribution >= 0.6 is 0 Å². The molecule has 2 unspecified atom stereocenters. The van der Waals surface area contributed by atoms with E-state index in [1.165, 1.54) is 0 Å². The van der Waals surface area contributed by atoms with Crippen LogP contribution in [0.15, 0.2) is 24.3 Å². The molecule has 1 aromatic carbocycles. The second kappa shape index (κ2) is 6.52. The number of hydrogen-bond donors (Lipinski definition) is 1. The minimum Gasteiger partial charge on any atom is -0.493 e. The zero-order valence-electron chi connectivity index (χ0n) is 15.6. The highest BCUT2D eigenvalue weighted by Crippen LogP contribution is 2.48. The van der Waals surface area contributed by atoms with Crippen molar-refractivity contribution >= 4 is 6.09 Å². The summed E-state index contributed by atoms with van der Waals surface area (Å²) in [5.41, 5.74) is -0.639. The second-order valence-electron chi connectivity index (χ2n) is 8.14. The molecular formula is C20H29NO4. The number of fused-ring (bicyclic) bond motifs is 2. The molecule has 5 nitrogen and oxygen atoms in total. The SMILES string of the molecule is CCOc1ccccc1C1(O)CC2CCC(C1)N2C(=O)OC(C)(C)C. The summed E-state index contributed by atoms with van der Waals surface area (Å²) in [6.45, 7) is 8.14. The fourth-order valence-electron chi connectivity index (χ4n) is 4.19. The van der Waals surface area contributed by atoms with Gasteiger partial charge in [-0.05, 0) is 46.6 Å². The molecule has 1 N–H and O–H groups in total. The zero-order chi connectivity index (χ0) is 18.2. The van der Waals surface area contributed by atoms with Gasteiger partial charge in [-0.1, -0.05) is 18.2 Å². The van der Waals surface area contributed by atoms with E-state index in [0.717, 1.165) is 24.2 Å². The fraction of sp³-hybridized carbons (Fsp3) is 0.650. The van der Waals surface area contributed by atoms with Crippen LogP contribution in [-0.4, -0.2) is 40.4 Å². The summed E-state index contributed by atoms with van der Waals surface area (Å²) < 4.78 is 11.3. The largest absolute Gasteiger partial charge is 0.493 e. The van der Waals surface area contributed by atoms with Crippen molar-refractivity contribution in [1.82, 2.24) is 4.90 Å². The summed E-state index contributed by atoms with van der Waals surface area (Å²) in [7, 11) is 0. The Balaban J connectivity index is 1.83. The van der Waals surface area contributed by atoms with Crippen LogP contribution in [0.2, 0.25) is 0 Å². The standard InChI is InChI=1S/C20H29NO4/c1-5-24-17-9-7-6-8-16(17)20(23)12-14-10-11-15(13-20)21(14)18(22)25-19(2,3)4/h6-9,14-15,23H,5,10-13H2,1-4H3. The van der Waals surface area contributed by atoms with Crippen LogP contribution in [0.3, 0.4) is 0 Å². The van der Waals surface area contributed by atoms with Crippen molar-refractivity contribution in [1.29, 1.82) is 0 Å². The Bertz CT molecular complexity index is 623. The van der Waals surface area contributed by atoms with Gasteiger partial charge in [0.05, 0.1) is 12.2 Å². The maximum absolute atomic E-state index is 12.6. The number of para-hydroxylation sites is 1. The summed E-state index contributed by atoms with van der Waals surface area (Å²) >= 11 is 0. The van der Waals surface area contributed by atoms with Gasteiger partial charge < -0.3 is 19.5 Å². The van der Waals surface area contributed by atoms with Gasteiger partial charge in [-0.25, -0.2) is 4.79 Å². The Morgan fingerprint density at radius 1 is 1.24 bits per heavy atom. The number of rotatable bonds is 3. The average Bonchev–Trinajstić information content (AvgIpc) is 2.79. The molecule has 25 heavy (non-hydrogen) atoms. The third kappa shape index (κ3) is 3.61. The molecule has 1 aromatic rings. The fourth-order valence-corrected chi connectivity index (χ4v) is 4.19. The first-order chi connectivity index (χ1) is 11.7. The van der Waals surface area contributed by atoms with Crippen molar-refractivity contribution in [2.45, 2.75) is 76.7 Å². The summed E-state index contributed by atoms with van der Waals surface area (Å²) in [6.07, 6.45) is 2.59. The van der Waals surface area contributed by atoms with E-state index in [0.29, 0.717) is 19.4 Å². The number of hydrogen-bond acceptors (Lipinski definition) is 4. The lowest BCUT2D eigenvalue weighted by molar-refractivity contribution is -0.0634. The maximum Gasteiger partial charge on any atom is 0.410 e. The highest BCUT2D eigenvalue weighted by molar-refractivity contribution is 5.70. The number of aliphatic hydroxyl groups is 1. The first-order valence-electron chi connectivity index (χ1n) is 9.19. The third-order valence-corrected chi connectivity index (χ3v) is 5.06. The first kappa shape index (κ1) is 18.1. The Hall–Kier alpha value is -1.75. The molecule has 2 atom stereocenters. The Morgan fingerprint density at radius 2 is 1.84 bits per heavy atom. The smallest absolute Gasteiger partial charge is 0.410 e. The first-order valence-corrected chi connectivity index (χ1v) is 9.19. The number of carbonyl (C=O) groups is 1. The molecule has 0 aromatic heterocycles. The zero-order valence-corrected chi connectivity index (χ0v) is 15.6. The molecule has 2 fully saturated rings. The van der Waals surface area contributed by atoms with Gasteiger partial charge in [0.15, 0.2) is 0 Å². The summed E-state index contributed by atoms with van der Waals surface area (Å²) in [5.74, 6) is 0.734. The van der Waals surface area contributed by atoms with Crippen molar-refractivity contribution in [2.75, 3.05) is 6.61 Å². The van der Waals surface area contributed by atoms with Gasteiger partial charge in [-0.3, -0.25) is 0 Å². The van der Waals surface area contributed by atoms with E-state index >= 15 is 0 Å². The number of piperidine rings is 1. The molecule has 2 heterocycles. The van der Waals surface area contributed by atoms with Gasteiger partial charge in [-0.15, -0.1) is 0 Å². The van der Waals surface area contributed by atoms with E-state index in [4.69, 9.17) is 9.47 Å². The molecule has 2 aliphatic heterocycles. The molecule has 0 spiro atoms. The summed E-state index contributed by atoms with van der Waals surface area (Å²) in [5, 5.41) is 11.4. The number of benzene rings is 1. The van der Waals surface area contributed by atoms with E-state index in [2.05, 4.69) is 0 Å². The number of amides is 1. The van der Waals surface area contributed by atoms with Crippen LogP contribution in [-0.2, 0) is 10.3 Å². The lowest BCUT2D eigenvalue weighted by Gasteiger charge is -2.44. The van der Waals surface area contributed by atoms with E-state index in [-0.39, 0.29) is 18.2 Å². The Labute approximate surface area is 149 Å². The van der Waals surface area contributed by atoms with Crippen molar-refractivity contribution in [2.24, 2.45) is 0 Å². The van der Waals surface area contributed by atoms with Crippen LogP contribution in [0.25, 0.3) is 0 Å². The van der Waals surface area contributed by atoms with Gasteiger partial charge in [0.2, 0.25) is 0 Å². The number of ether oxygens (including phenoxy) is 2. The molecule has 0 radical (unpaired) electrons. The molecule has 0 saturated carbocycles. The van der Waals surface area contributed by atoms with Crippen molar-refractivity contribution in [3.05, 3.63) is 29.8 Å². The highest BCUT2D eigenvalue weighted by atomic mass is 16.6. The van der Waals surface area contributed by atoms with E-state index in [1.54, 1.807) is 0 Å². The van der Waals surface area contributed by atoms with E-state index < -0.39 is 11.2 Å². The van der Waals surface area contributed by atoms with E-state index in [1.807, 2.05) is 56.9 Å². The summed E-state index contributed by atoms with van der Waals surface area (Å²) in [6, 6.07) is 7.70. The van der Waals surface area contributed by atoms with Crippen LogP contribution in [0.4, 0.5) is 4.79 Å².